The van der Waals surface area contributed by atoms with Gasteiger partial charge < -0.3 is 16.6 Å². The minimum Gasteiger partial charge on any atom is -0.393 e. The number of carbonyl (C=O) groups excluding carboxylic acids is 1. The summed E-state index contributed by atoms with van der Waals surface area (Å²) in [5, 5.41) is 9.10. The Morgan fingerprint density at radius 1 is 1.50 bits per heavy atom. The number of aliphatic hydroxyl groups is 1. The fourth-order valence-electron chi connectivity index (χ4n) is 1.11. The molecule has 12 heavy (non-hydrogen) atoms. The van der Waals surface area contributed by atoms with E-state index in [1.807, 2.05) is 13.8 Å². The van der Waals surface area contributed by atoms with Crippen LogP contribution in [0.25, 0.3) is 0 Å². The summed E-state index contributed by atoms with van der Waals surface area (Å²) in [4.78, 5) is 11.0. The third kappa shape index (κ3) is 2.46. The number of amides is 1. The van der Waals surface area contributed by atoms with Gasteiger partial charge in [-0.05, 0) is 12.8 Å². The van der Waals surface area contributed by atoms with E-state index < -0.39 is 17.6 Å². The van der Waals surface area contributed by atoms with E-state index in [-0.39, 0.29) is 12.3 Å². The van der Waals surface area contributed by atoms with Gasteiger partial charge in [-0.1, -0.05) is 13.8 Å². The summed E-state index contributed by atoms with van der Waals surface area (Å²) >= 11 is 0. The van der Waals surface area contributed by atoms with Crippen LogP contribution in [0.15, 0.2) is 0 Å². The highest BCUT2D eigenvalue weighted by Gasteiger charge is 2.36. The van der Waals surface area contributed by atoms with Crippen molar-refractivity contribution in [3.63, 3.8) is 0 Å². The van der Waals surface area contributed by atoms with Crippen LogP contribution in [0.3, 0.4) is 0 Å². The standard InChI is InChI=1S/C8H18N2O2/c1-5(2)8(10,7(9)12)4-6(3)11/h5-6,11H,4,10H2,1-3H3,(H2,9,12)/t6-,8?/m1/s1. The van der Waals surface area contributed by atoms with E-state index in [0.29, 0.717) is 0 Å². The molecule has 0 spiro atoms. The van der Waals surface area contributed by atoms with E-state index in [0.717, 1.165) is 0 Å². The second-order valence-corrected chi connectivity index (χ2v) is 3.61. The lowest BCUT2D eigenvalue weighted by Gasteiger charge is -2.31. The van der Waals surface area contributed by atoms with Crippen LogP contribution < -0.4 is 11.5 Å². The third-order valence-electron chi connectivity index (χ3n) is 2.12. The summed E-state index contributed by atoms with van der Waals surface area (Å²) in [7, 11) is 0. The molecule has 1 unspecified atom stereocenters. The number of hydrogen-bond acceptors (Lipinski definition) is 3. The monoisotopic (exact) mass is 174 g/mol. The van der Waals surface area contributed by atoms with Gasteiger partial charge in [-0.2, -0.15) is 0 Å². The summed E-state index contributed by atoms with van der Waals surface area (Å²) in [5.41, 5.74) is 9.81. The summed E-state index contributed by atoms with van der Waals surface area (Å²) in [6.45, 7) is 5.22. The van der Waals surface area contributed by atoms with Gasteiger partial charge in [-0.3, -0.25) is 4.79 Å². The molecule has 0 aliphatic carbocycles. The molecule has 2 atom stereocenters. The molecule has 0 bridgehead atoms. The number of primary amides is 1. The average Bonchev–Trinajstić information content (AvgIpc) is 1.84. The van der Waals surface area contributed by atoms with Gasteiger partial charge in [0.1, 0.15) is 0 Å². The Morgan fingerprint density at radius 2 is 1.92 bits per heavy atom. The summed E-state index contributed by atoms with van der Waals surface area (Å²) < 4.78 is 0. The van der Waals surface area contributed by atoms with Crippen molar-refractivity contribution in [2.24, 2.45) is 17.4 Å². The number of rotatable bonds is 4. The molecule has 1 amide bonds. The Morgan fingerprint density at radius 3 is 2.00 bits per heavy atom. The molecule has 0 heterocycles. The van der Waals surface area contributed by atoms with Crippen LogP contribution >= 0.6 is 0 Å². The fraction of sp³-hybridized carbons (Fsp3) is 0.875. The molecule has 72 valence electrons. The van der Waals surface area contributed by atoms with Crippen LogP contribution in [0.1, 0.15) is 27.2 Å². The number of nitrogens with two attached hydrogens (primary N) is 2. The highest BCUT2D eigenvalue weighted by molar-refractivity contribution is 5.84. The fourth-order valence-corrected chi connectivity index (χ4v) is 1.11. The molecule has 0 radical (unpaired) electrons. The van der Waals surface area contributed by atoms with Gasteiger partial charge in [0.25, 0.3) is 0 Å². The maximum absolute atomic E-state index is 11.0. The predicted octanol–water partition coefficient (Wildman–Crippen LogP) is -0.404. The van der Waals surface area contributed by atoms with Gasteiger partial charge in [-0.15, -0.1) is 0 Å². The minimum absolute atomic E-state index is 0.0652. The molecule has 5 N–H and O–H groups in total. The molecule has 4 heteroatoms. The maximum Gasteiger partial charge on any atom is 0.237 e. The van der Waals surface area contributed by atoms with Gasteiger partial charge in [0, 0.05) is 6.42 Å². The van der Waals surface area contributed by atoms with Gasteiger partial charge in [0.15, 0.2) is 0 Å². The molecule has 0 aliphatic heterocycles. The van der Waals surface area contributed by atoms with Crippen molar-refractivity contribution in [3.05, 3.63) is 0 Å². The van der Waals surface area contributed by atoms with E-state index in [4.69, 9.17) is 16.6 Å². The zero-order valence-electron chi connectivity index (χ0n) is 7.87. The zero-order chi connectivity index (χ0) is 9.94. The quantitative estimate of drug-likeness (QED) is 0.541. The van der Waals surface area contributed by atoms with E-state index in [1.165, 1.54) is 0 Å². The van der Waals surface area contributed by atoms with Crippen LogP contribution in [0.5, 0.6) is 0 Å². The first kappa shape index (κ1) is 11.4. The molecule has 0 saturated carbocycles. The molecule has 0 saturated heterocycles. The third-order valence-corrected chi connectivity index (χ3v) is 2.12. The maximum atomic E-state index is 11.0. The molecule has 0 aromatic heterocycles. The van der Waals surface area contributed by atoms with Crippen molar-refractivity contribution in [2.45, 2.75) is 38.8 Å². The van der Waals surface area contributed by atoms with Gasteiger partial charge in [0.05, 0.1) is 11.6 Å². The van der Waals surface area contributed by atoms with Crippen molar-refractivity contribution >= 4 is 5.91 Å². The lowest BCUT2D eigenvalue weighted by molar-refractivity contribution is -0.125. The lowest BCUT2D eigenvalue weighted by Crippen LogP contribution is -2.57. The minimum atomic E-state index is -1.09. The summed E-state index contributed by atoms with van der Waals surface area (Å²) in [6, 6.07) is 0. The summed E-state index contributed by atoms with van der Waals surface area (Å²) in [5.74, 6) is -0.622. The van der Waals surface area contributed by atoms with E-state index in [2.05, 4.69) is 0 Å². The van der Waals surface area contributed by atoms with E-state index in [1.54, 1.807) is 6.92 Å². The van der Waals surface area contributed by atoms with E-state index >= 15 is 0 Å². The van der Waals surface area contributed by atoms with Crippen LogP contribution in [0.4, 0.5) is 0 Å². The molecule has 0 fully saturated rings. The molecular formula is C8H18N2O2. The lowest BCUT2D eigenvalue weighted by atomic mass is 9.82. The smallest absolute Gasteiger partial charge is 0.237 e. The van der Waals surface area contributed by atoms with Crippen molar-refractivity contribution in [1.82, 2.24) is 0 Å². The van der Waals surface area contributed by atoms with E-state index in [9.17, 15) is 4.79 Å². The molecule has 0 rings (SSSR count). The Bertz CT molecular complexity index is 168. The highest BCUT2D eigenvalue weighted by atomic mass is 16.3. The van der Waals surface area contributed by atoms with Crippen molar-refractivity contribution in [2.75, 3.05) is 0 Å². The Kier molecular flexibility index (Phi) is 3.67. The SMILES string of the molecule is CC(C)C(N)(C[C@@H](C)O)C(N)=O. The van der Waals surface area contributed by atoms with Gasteiger partial charge in [0.2, 0.25) is 5.91 Å². The topological polar surface area (TPSA) is 89.3 Å². The Labute approximate surface area is 72.9 Å². The Hall–Kier alpha value is -0.610. The second kappa shape index (κ2) is 3.87. The molecule has 0 aliphatic rings. The molecule has 0 aromatic rings. The highest BCUT2D eigenvalue weighted by Crippen LogP contribution is 2.19. The number of aliphatic hydroxyl groups excluding tert-OH is 1. The molecule has 4 nitrogen and oxygen atoms in total. The van der Waals surface area contributed by atoms with Crippen LogP contribution in [0.2, 0.25) is 0 Å². The normalized spacial score (nSPS) is 18.8. The van der Waals surface area contributed by atoms with Crippen molar-refractivity contribution < 1.29 is 9.90 Å². The van der Waals surface area contributed by atoms with Crippen molar-refractivity contribution in [1.29, 1.82) is 0 Å². The molecule has 0 aromatic carbocycles. The second-order valence-electron chi connectivity index (χ2n) is 3.61. The first-order chi connectivity index (χ1) is 5.30. The zero-order valence-corrected chi connectivity index (χ0v) is 7.87. The largest absolute Gasteiger partial charge is 0.393 e. The predicted molar refractivity (Wildman–Crippen MR) is 47.2 cm³/mol. The van der Waals surface area contributed by atoms with Gasteiger partial charge >= 0.3 is 0 Å². The van der Waals surface area contributed by atoms with Crippen LogP contribution in [0, 0.1) is 5.92 Å². The van der Waals surface area contributed by atoms with Crippen molar-refractivity contribution in [3.8, 4) is 0 Å². The van der Waals surface area contributed by atoms with Crippen LogP contribution in [-0.2, 0) is 4.79 Å². The number of carbonyl (C=O) groups is 1. The molecular weight excluding hydrogens is 156 g/mol. The number of hydrogen-bond donors (Lipinski definition) is 3. The van der Waals surface area contributed by atoms with Gasteiger partial charge in [-0.25, -0.2) is 0 Å². The first-order valence-corrected chi connectivity index (χ1v) is 4.07. The average molecular weight is 174 g/mol. The van der Waals surface area contributed by atoms with Crippen LogP contribution in [-0.4, -0.2) is 22.7 Å². The Balaban J connectivity index is 4.51. The first-order valence-electron chi connectivity index (χ1n) is 4.07. The summed E-state index contributed by atoms with van der Waals surface area (Å²) in [6.07, 6.45) is -0.398.